The highest BCUT2D eigenvalue weighted by atomic mass is 16.2. The van der Waals surface area contributed by atoms with E-state index in [0.717, 1.165) is 22.9 Å². The average molecular weight is 292 g/mol. The van der Waals surface area contributed by atoms with E-state index in [1.807, 2.05) is 72.3 Å². The van der Waals surface area contributed by atoms with Crippen LogP contribution in [0.2, 0.25) is 0 Å². The Balaban J connectivity index is 1.66. The van der Waals surface area contributed by atoms with Crippen LogP contribution >= 0.6 is 0 Å². The largest absolute Gasteiger partial charge is 0.323 e. The summed E-state index contributed by atoms with van der Waals surface area (Å²) in [7, 11) is 0. The second-order valence-corrected chi connectivity index (χ2v) is 4.84. The van der Waals surface area contributed by atoms with E-state index in [-0.39, 0.29) is 6.03 Å². The van der Waals surface area contributed by atoms with Crippen molar-refractivity contribution in [3.8, 4) is 5.69 Å². The molecular weight excluding hydrogens is 276 g/mol. The summed E-state index contributed by atoms with van der Waals surface area (Å²) in [6.45, 7) is 1.94. The van der Waals surface area contributed by atoms with Crippen molar-refractivity contribution in [3.63, 3.8) is 0 Å². The van der Waals surface area contributed by atoms with Gasteiger partial charge in [0.25, 0.3) is 0 Å². The van der Waals surface area contributed by atoms with Gasteiger partial charge in [-0.15, -0.1) is 0 Å². The summed E-state index contributed by atoms with van der Waals surface area (Å²) in [6.07, 6.45) is 3.66. The number of hydrogen-bond donors (Lipinski definition) is 2. The molecule has 0 atom stereocenters. The predicted molar refractivity (Wildman–Crippen MR) is 87.4 cm³/mol. The normalized spacial score (nSPS) is 10.2. The molecule has 0 aliphatic carbocycles. The van der Waals surface area contributed by atoms with Gasteiger partial charge in [-0.25, -0.2) is 9.78 Å². The minimum Gasteiger partial charge on any atom is -0.308 e. The Morgan fingerprint density at radius 3 is 2.18 bits per heavy atom. The fraction of sp³-hybridized carbons (Fsp3) is 0.0588. The maximum absolute atomic E-state index is 11.9. The molecule has 0 aliphatic heterocycles. The minimum atomic E-state index is -0.266. The second-order valence-electron chi connectivity index (χ2n) is 4.84. The van der Waals surface area contributed by atoms with E-state index < -0.39 is 0 Å². The first-order valence-corrected chi connectivity index (χ1v) is 6.96. The van der Waals surface area contributed by atoms with Crippen LogP contribution in [0.1, 0.15) is 5.82 Å². The van der Waals surface area contributed by atoms with Crippen LogP contribution in [0.4, 0.5) is 16.2 Å². The van der Waals surface area contributed by atoms with Crippen LogP contribution in [0, 0.1) is 6.92 Å². The minimum absolute atomic E-state index is 0.266. The van der Waals surface area contributed by atoms with Crippen LogP contribution in [0.5, 0.6) is 0 Å². The molecule has 2 N–H and O–H groups in total. The van der Waals surface area contributed by atoms with Gasteiger partial charge < -0.3 is 15.2 Å². The number of carbonyl (C=O) groups is 1. The molecule has 2 amide bonds. The van der Waals surface area contributed by atoms with Gasteiger partial charge in [-0.3, -0.25) is 0 Å². The predicted octanol–water partition coefficient (Wildman–Crippen LogP) is 3.82. The smallest absolute Gasteiger partial charge is 0.308 e. The van der Waals surface area contributed by atoms with Gasteiger partial charge >= 0.3 is 6.03 Å². The molecule has 0 saturated carbocycles. The quantitative estimate of drug-likeness (QED) is 0.771. The Hall–Kier alpha value is -3.08. The third-order valence-electron chi connectivity index (χ3n) is 3.26. The summed E-state index contributed by atoms with van der Waals surface area (Å²) in [5, 5.41) is 5.58. The molecule has 0 radical (unpaired) electrons. The van der Waals surface area contributed by atoms with Crippen molar-refractivity contribution in [1.82, 2.24) is 9.55 Å². The number of amides is 2. The molecule has 0 fully saturated rings. The fourth-order valence-electron chi connectivity index (χ4n) is 2.17. The Kier molecular flexibility index (Phi) is 3.87. The summed E-state index contributed by atoms with van der Waals surface area (Å²) in [5.74, 6) is 0.919. The lowest BCUT2D eigenvalue weighted by atomic mass is 10.2. The molecule has 0 saturated heterocycles. The number of imidazole rings is 1. The van der Waals surface area contributed by atoms with E-state index in [4.69, 9.17) is 0 Å². The maximum atomic E-state index is 11.9. The first kappa shape index (κ1) is 13.9. The average Bonchev–Trinajstić information content (AvgIpc) is 2.95. The van der Waals surface area contributed by atoms with Crippen molar-refractivity contribution >= 4 is 17.4 Å². The van der Waals surface area contributed by atoms with E-state index in [1.54, 1.807) is 6.20 Å². The number of anilines is 2. The first-order valence-electron chi connectivity index (χ1n) is 6.96. The number of aromatic nitrogens is 2. The highest BCUT2D eigenvalue weighted by molar-refractivity contribution is 5.99. The molecule has 1 aromatic heterocycles. The van der Waals surface area contributed by atoms with Gasteiger partial charge in [0.1, 0.15) is 5.82 Å². The molecule has 110 valence electrons. The van der Waals surface area contributed by atoms with E-state index in [1.165, 1.54) is 0 Å². The molecule has 22 heavy (non-hydrogen) atoms. The topological polar surface area (TPSA) is 59.0 Å². The molecule has 0 spiro atoms. The standard InChI is InChI=1S/C17H16N4O/c1-13-18-11-12-21(13)16-9-7-15(8-10-16)20-17(22)19-14-5-3-2-4-6-14/h2-12H,1H3,(H2,19,20,22). The molecule has 0 bridgehead atoms. The van der Waals surface area contributed by atoms with Crippen molar-refractivity contribution in [1.29, 1.82) is 0 Å². The van der Waals surface area contributed by atoms with Crippen LogP contribution in [0.3, 0.4) is 0 Å². The molecule has 3 rings (SSSR count). The van der Waals surface area contributed by atoms with Gasteiger partial charge in [-0.2, -0.15) is 0 Å². The van der Waals surface area contributed by atoms with Gasteiger partial charge in [-0.1, -0.05) is 18.2 Å². The Bertz CT molecular complexity index is 763. The number of benzene rings is 2. The molecule has 0 unspecified atom stereocenters. The summed E-state index contributed by atoms with van der Waals surface area (Å²) in [4.78, 5) is 16.1. The van der Waals surface area contributed by atoms with Crippen LogP contribution in [0.15, 0.2) is 67.0 Å². The van der Waals surface area contributed by atoms with Gasteiger partial charge in [-0.05, 0) is 43.3 Å². The number of carbonyl (C=O) groups excluding carboxylic acids is 1. The van der Waals surface area contributed by atoms with Gasteiger partial charge in [0.05, 0.1) is 0 Å². The highest BCUT2D eigenvalue weighted by Gasteiger charge is 2.04. The van der Waals surface area contributed by atoms with E-state index in [9.17, 15) is 4.79 Å². The maximum Gasteiger partial charge on any atom is 0.323 e. The van der Waals surface area contributed by atoms with Crippen LogP contribution in [0.25, 0.3) is 5.69 Å². The fourth-order valence-corrected chi connectivity index (χ4v) is 2.17. The van der Waals surface area contributed by atoms with Crippen LogP contribution in [-0.4, -0.2) is 15.6 Å². The number of urea groups is 1. The number of rotatable bonds is 3. The Morgan fingerprint density at radius 2 is 1.59 bits per heavy atom. The van der Waals surface area contributed by atoms with Crippen molar-refractivity contribution in [3.05, 3.63) is 72.8 Å². The summed E-state index contributed by atoms with van der Waals surface area (Å²) < 4.78 is 1.98. The summed E-state index contributed by atoms with van der Waals surface area (Å²) >= 11 is 0. The van der Waals surface area contributed by atoms with E-state index in [2.05, 4.69) is 15.6 Å². The third kappa shape index (κ3) is 3.15. The summed E-state index contributed by atoms with van der Waals surface area (Å²) in [6, 6.07) is 16.7. The number of hydrogen-bond acceptors (Lipinski definition) is 2. The molecule has 3 aromatic rings. The molecule has 5 heteroatoms. The molecule has 1 heterocycles. The number of nitrogens with one attached hydrogen (secondary N) is 2. The molecule has 5 nitrogen and oxygen atoms in total. The molecule has 2 aromatic carbocycles. The zero-order valence-corrected chi connectivity index (χ0v) is 12.2. The number of nitrogens with zero attached hydrogens (tertiary/aromatic N) is 2. The van der Waals surface area contributed by atoms with E-state index >= 15 is 0 Å². The monoisotopic (exact) mass is 292 g/mol. The van der Waals surface area contributed by atoms with Crippen LogP contribution in [-0.2, 0) is 0 Å². The first-order chi connectivity index (χ1) is 10.7. The van der Waals surface area contributed by atoms with Crippen molar-refractivity contribution < 1.29 is 4.79 Å². The SMILES string of the molecule is Cc1nccn1-c1ccc(NC(=O)Nc2ccccc2)cc1. The van der Waals surface area contributed by atoms with Crippen molar-refractivity contribution in [2.75, 3.05) is 10.6 Å². The Labute approximate surface area is 128 Å². The van der Waals surface area contributed by atoms with Gasteiger partial charge in [0.2, 0.25) is 0 Å². The zero-order valence-electron chi connectivity index (χ0n) is 12.2. The Morgan fingerprint density at radius 1 is 0.955 bits per heavy atom. The van der Waals surface area contributed by atoms with Gasteiger partial charge in [0, 0.05) is 29.5 Å². The van der Waals surface area contributed by atoms with Crippen LogP contribution < -0.4 is 10.6 Å². The zero-order chi connectivity index (χ0) is 15.4. The lowest BCUT2D eigenvalue weighted by Crippen LogP contribution is -2.19. The third-order valence-corrected chi connectivity index (χ3v) is 3.26. The molecular formula is C17H16N4O. The lowest BCUT2D eigenvalue weighted by molar-refractivity contribution is 0.262. The molecule has 0 aliphatic rings. The van der Waals surface area contributed by atoms with Crippen molar-refractivity contribution in [2.24, 2.45) is 0 Å². The second kappa shape index (κ2) is 6.13. The van der Waals surface area contributed by atoms with Crippen molar-refractivity contribution in [2.45, 2.75) is 6.92 Å². The number of aryl methyl sites for hydroxylation is 1. The van der Waals surface area contributed by atoms with E-state index in [0.29, 0.717) is 0 Å². The summed E-state index contributed by atoms with van der Waals surface area (Å²) in [5.41, 5.74) is 2.49. The lowest BCUT2D eigenvalue weighted by Gasteiger charge is -2.09. The number of para-hydroxylation sites is 1. The van der Waals surface area contributed by atoms with Gasteiger partial charge in [0.15, 0.2) is 0 Å². The highest BCUT2D eigenvalue weighted by Crippen LogP contribution is 2.15.